The molecule has 10 heteroatoms. The lowest BCUT2D eigenvalue weighted by atomic mass is 9.96. The first-order valence-electron chi connectivity index (χ1n) is 9.80. The highest BCUT2D eigenvalue weighted by Gasteiger charge is 2.55. The van der Waals surface area contributed by atoms with Gasteiger partial charge in [0.25, 0.3) is 5.91 Å². The molecule has 0 heterocycles. The van der Waals surface area contributed by atoms with Gasteiger partial charge in [0, 0.05) is 7.05 Å². The summed E-state index contributed by atoms with van der Waals surface area (Å²) in [4.78, 5) is 35.7. The topological polar surface area (TPSA) is 87.3 Å². The number of nitrogens with one attached hydrogen (secondary N) is 3. The fourth-order valence-electron chi connectivity index (χ4n) is 3.31. The molecule has 6 nitrogen and oxygen atoms in total. The van der Waals surface area contributed by atoms with E-state index in [1.165, 1.54) is 19.2 Å². The van der Waals surface area contributed by atoms with Gasteiger partial charge in [-0.15, -0.1) is 0 Å². The van der Waals surface area contributed by atoms with Crippen LogP contribution in [0.4, 0.5) is 17.6 Å². The maximum atomic E-state index is 14.2. The van der Waals surface area contributed by atoms with Crippen LogP contribution in [-0.2, 0) is 9.59 Å². The molecule has 2 aromatic rings. The molecule has 1 aliphatic carbocycles. The Labute approximate surface area is 181 Å². The first-order valence-corrected chi connectivity index (χ1v) is 9.80. The Bertz CT molecular complexity index is 1050. The second-order valence-corrected chi connectivity index (χ2v) is 7.59. The van der Waals surface area contributed by atoms with Gasteiger partial charge in [-0.05, 0) is 42.5 Å². The van der Waals surface area contributed by atoms with Gasteiger partial charge >= 0.3 is 12.1 Å². The van der Waals surface area contributed by atoms with Gasteiger partial charge in [-0.2, -0.15) is 13.2 Å². The molecule has 0 saturated heterocycles. The summed E-state index contributed by atoms with van der Waals surface area (Å²) in [5.74, 6) is -4.08. The fourth-order valence-corrected chi connectivity index (χ4v) is 3.31. The molecule has 0 bridgehead atoms. The van der Waals surface area contributed by atoms with Crippen molar-refractivity contribution in [3.63, 3.8) is 0 Å². The van der Waals surface area contributed by atoms with Gasteiger partial charge < -0.3 is 16.0 Å². The maximum absolute atomic E-state index is 14.2. The summed E-state index contributed by atoms with van der Waals surface area (Å²) in [6, 6.07) is 10.3. The largest absolute Gasteiger partial charge is 0.471 e. The van der Waals surface area contributed by atoms with E-state index in [9.17, 15) is 31.9 Å². The number of benzene rings is 2. The van der Waals surface area contributed by atoms with Crippen LogP contribution in [0.2, 0.25) is 0 Å². The third-order valence-corrected chi connectivity index (χ3v) is 5.33. The van der Waals surface area contributed by atoms with E-state index in [4.69, 9.17) is 0 Å². The third-order valence-electron chi connectivity index (χ3n) is 5.33. The fraction of sp³-hybridized carbons (Fsp3) is 0.318. The predicted molar refractivity (Wildman–Crippen MR) is 108 cm³/mol. The maximum Gasteiger partial charge on any atom is 0.471 e. The van der Waals surface area contributed by atoms with Crippen molar-refractivity contribution in [2.75, 3.05) is 7.05 Å². The molecule has 2 aromatic carbocycles. The van der Waals surface area contributed by atoms with Crippen LogP contribution in [0.1, 0.15) is 41.7 Å². The molecule has 3 rings (SSSR count). The second-order valence-electron chi connectivity index (χ2n) is 7.59. The van der Waals surface area contributed by atoms with Crippen LogP contribution in [0.25, 0.3) is 11.1 Å². The Kier molecular flexibility index (Phi) is 6.25. The molecule has 0 aromatic heterocycles. The summed E-state index contributed by atoms with van der Waals surface area (Å²) in [6.07, 6.45) is -4.83. The summed E-state index contributed by atoms with van der Waals surface area (Å²) in [5.41, 5.74) is -0.0517. The molecule has 1 fully saturated rings. The molecule has 0 unspecified atom stereocenters. The lowest BCUT2D eigenvalue weighted by molar-refractivity contribution is -0.175. The highest BCUT2D eigenvalue weighted by molar-refractivity contribution is 6.01. The molecular weight excluding hydrogens is 430 g/mol. The van der Waals surface area contributed by atoms with E-state index in [1.54, 1.807) is 42.6 Å². The molecule has 1 atom stereocenters. The third kappa shape index (κ3) is 4.74. The Hall–Kier alpha value is -3.43. The number of halogens is 4. The van der Waals surface area contributed by atoms with E-state index in [0.717, 1.165) is 0 Å². The summed E-state index contributed by atoms with van der Waals surface area (Å²) < 4.78 is 51.7. The molecule has 3 amide bonds. The minimum Gasteiger partial charge on any atom is -0.355 e. The van der Waals surface area contributed by atoms with Crippen molar-refractivity contribution in [3.05, 3.63) is 59.4 Å². The van der Waals surface area contributed by atoms with Crippen LogP contribution in [0, 0.1) is 5.82 Å². The molecule has 32 heavy (non-hydrogen) atoms. The Balaban J connectivity index is 1.74. The van der Waals surface area contributed by atoms with Crippen molar-refractivity contribution in [3.8, 4) is 11.1 Å². The van der Waals surface area contributed by atoms with Gasteiger partial charge in [0.2, 0.25) is 5.91 Å². The van der Waals surface area contributed by atoms with Crippen molar-refractivity contribution in [1.29, 1.82) is 0 Å². The summed E-state index contributed by atoms with van der Waals surface area (Å²) >= 11 is 0. The van der Waals surface area contributed by atoms with E-state index in [2.05, 4.69) is 10.6 Å². The van der Waals surface area contributed by atoms with Gasteiger partial charge in [-0.3, -0.25) is 14.4 Å². The minimum absolute atomic E-state index is 0.0971. The second kappa shape index (κ2) is 8.60. The molecule has 0 spiro atoms. The van der Waals surface area contributed by atoms with Gasteiger partial charge in [-0.1, -0.05) is 36.4 Å². The lowest BCUT2D eigenvalue weighted by Crippen LogP contribution is -2.52. The zero-order valence-corrected chi connectivity index (χ0v) is 17.3. The van der Waals surface area contributed by atoms with Gasteiger partial charge in [0.1, 0.15) is 11.4 Å². The van der Waals surface area contributed by atoms with Crippen LogP contribution >= 0.6 is 0 Å². The van der Waals surface area contributed by atoms with Crippen LogP contribution in [0.3, 0.4) is 0 Å². The van der Waals surface area contributed by atoms with Gasteiger partial charge in [-0.25, -0.2) is 4.39 Å². The lowest BCUT2D eigenvalue weighted by Gasteiger charge is -2.22. The Morgan fingerprint density at radius 1 is 1.03 bits per heavy atom. The molecular formula is C22H21F4N3O3. The van der Waals surface area contributed by atoms with Crippen LogP contribution in [0.5, 0.6) is 0 Å². The number of carbonyl (C=O) groups excluding carboxylic acids is 3. The van der Waals surface area contributed by atoms with E-state index >= 15 is 0 Å². The smallest absolute Gasteiger partial charge is 0.355 e. The summed E-state index contributed by atoms with van der Waals surface area (Å²) in [7, 11) is 1.40. The molecule has 0 aliphatic heterocycles. The average Bonchev–Trinajstić information content (AvgIpc) is 3.53. The van der Waals surface area contributed by atoms with Gasteiger partial charge in [0.15, 0.2) is 0 Å². The van der Waals surface area contributed by atoms with E-state index in [0.29, 0.717) is 16.7 Å². The number of rotatable bonds is 6. The summed E-state index contributed by atoms with van der Waals surface area (Å²) in [5, 5.41) is 6.79. The van der Waals surface area contributed by atoms with E-state index in [-0.39, 0.29) is 18.4 Å². The standard InChI is InChI=1S/C22H21F4N3O3/c1-12(28-19(31)21(10-11-21)29-20(32)22(24,25)26)13-6-8-14(9-7-13)15-4-3-5-16(23)17(15)18(30)27-2/h3-9,12H,10-11H2,1-2H3,(H,27,30)(H,28,31)(H,29,32)/t12-/m1/s1. The van der Waals surface area contributed by atoms with E-state index in [1.807, 2.05) is 0 Å². The number of hydrogen-bond donors (Lipinski definition) is 3. The van der Waals surface area contributed by atoms with Crippen LogP contribution in [0.15, 0.2) is 42.5 Å². The normalized spacial score (nSPS) is 15.4. The van der Waals surface area contributed by atoms with E-state index < -0.39 is 41.3 Å². The first kappa shape index (κ1) is 23.2. The SMILES string of the molecule is CNC(=O)c1c(F)cccc1-c1ccc([C@@H](C)NC(=O)C2(NC(=O)C(F)(F)F)CC2)cc1. The number of alkyl halides is 3. The van der Waals surface area contributed by atoms with Crippen molar-refractivity contribution < 1.29 is 31.9 Å². The first-order chi connectivity index (χ1) is 15.0. The van der Waals surface area contributed by atoms with Crippen LogP contribution in [-0.4, -0.2) is 36.5 Å². The molecule has 170 valence electrons. The Morgan fingerprint density at radius 3 is 2.19 bits per heavy atom. The highest BCUT2D eigenvalue weighted by atomic mass is 19.4. The highest BCUT2D eigenvalue weighted by Crippen LogP contribution is 2.37. The number of amides is 3. The summed E-state index contributed by atoms with van der Waals surface area (Å²) in [6.45, 7) is 1.65. The quantitative estimate of drug-likeness (QED) is 0.590. The molecule has 0 radical (unpaired) electrons. The Morgan fingerprint density at radius 2 is 1.66 bits per heavy atom. The number of hydrogen-bond acceptors (Lipinski definition) is 3. The average molecular weight is 451 g/mol. The molecule has 3 N–H and O–H groups in total. The predicted octanol–water partition coefficient (Wildman–Crippen LogP) is 3.24. The van der Waals surface area contributed by atoms with Crippen molar-refractivity contribution in [2.24, 2.45) is 0 Å². The monoisotopic (exact) mass is 451 g/mol. The van der Waals surface area contributed by atoms with Gasteiger partial charge in [0.05, 0.1) is 11.6 Å². The molecule has 1 saturated carbocycles. The van der Waals surface area contributed by atoms with Crippen molar-refractivity contribution >= 4 is 17.7 Å². The zero-order valence-electron chi connectivity index (χ0n) is 17.3. The minimum atomic E-state index is -5.07. The van der Waals surface area contributed by atoms with Crippen molar-refractivity contribution in [1.82, 2.24) is 16.0 Å². The van der Waals surface area contributed by atoms with Crippen molar-refractivity contribution in [2.45, 2.75) is 37.5 Å². The molecule has 1 aliphatic rings. The number of carbonyl (C=O) groups is 3. The van der Waals surface area contributed by atoms with Crippen LogP contribution < -0.4 is 16.0 Å². The zero-order chi connectivity index (χ0) is 23.7.